The molecule has 0 saturated carbocycles. The third-order valence-electron chi connectivity index (χ3n) is 3.05. The van der Waals surface area contributed by atoms with Gasteiger partial charge in [0.15, 0.2) is 0 Å². The summed E-state index contributed by atoms with van der Waals surface area (Å²) in [7, 11) is 1.64. The van der Waals surface area contributed by atoms with Gasteiger partial charge in [0.1, 0.15) is 0 Å². The van der Waals surface area contributed by atoms with Gasteiger partial charge in [-0.05, 0) is 38.1 Å². The number of esters is 1. The quantitative estimate of drug-likeness (QED) is 0.714. The molecule has 112 valence electrons. The van der Waals surface area contributed by atoms with E-state index in [0.29, 0.717) is 25.1 Å². The first-order valence-electron chi connectivity index (χ1n) is 6.65. The van der Waals surface area contributed by atoms with Crippen LogP contribution in [0.4, 0.5) is 5.69 Å². The van der Waals surface area contributed by atoms with Gasteiger partial charge in [0.2, 0.25) is 0 Å². The molecule has 0 bridgehead atoms. The summed E-state index contributed by atoms with van der Waals surface area (Å²) < 4.78 is 10.5. The fourth-order valence-corrected chi connectivity index (χ4v) is 1.50. The number of benzene rings is 1. The normalized spacial score (nSPS) is 11.2. The molecule has 0 aliphatic carbocycles. The molecule has 0 aliphatic heterocycles. The van der Waals surface area contributed by atoms with Crippen LogP contribution in [-0.2, 0) is 9.47 Å². The number of nitrogens with one attached hydrogen (secondary N) is 1. The highest BCUT2D eigenvalue weighted by Gasteiger charge is 2.17. The van der Waals surface area contributed by atoms with Gasteiger partial charge >= 0.3 is 5.97 Å². The highest BCUT2D eigenvalue weighted by Crippen LogP contribution is 2.14. The van der Waals surface area contributed by atoms with E-state index in [9.17, 15) is 4.79 Å². The second kappa shape index (κ2) is 7.87. The average Bonchev–Trinajstić information content (AvgIpc) is 2.45. The zero-order chi connectivity index (χ0) is 15.0. The molecule has 0 aromatic heterocycles. The topological polar surface area (TPSA) is 67.8 Å². The number of carbonyl (C=O) groups excluding carboxylic acids is 1. The summed E-state index contributed by atoms with van der Waals surface area (Å²) in [6, 6.07) is 6.96. The van der Waals surface area contributed by atoms with Gasteiger partial charge in [0.05, 0.1) is 24.4 Å². The van der Waals surface area contributed by atoms with Gasteiger partial charge < -0.3 is 19.9 Å². The number of anilines is 1. The Bertz CT molecular complexity index is 414. The number of rotatable bonds is 8. The highest BCUT2D eigenvalue weighted by molar-refractivity contribution is 5.89. The minimum atomic E-state index is -0.342. The molecular weight excluding hydrogens is 258 g/mol. The van der Waals surface area contributed by atoms with Crippen LogP contribution in [0.1, 0.15) is 30.6 Å². The molecule has 0 radical (unpaired) electrons. The molecule has 0 aliphatic rings. The van der Waals surface area contributed by atoms with Crippen molar-refractivity contribution in [1.82, 2.24) is 0 Å². The van der Waals surface area contributed by atoms with Crippen LogP contribution in [0.25, 0.3) is 0 Å². The predicted octanol–water partition coefficient (Wildman–Crippen LogP) is 2.06. The first kappa shape index (κ1) is 16.5. The Kier molecular flexibility index (Phi) is 6.48. The molecular formula is C15H23NO4. The smallest absolute Gasteiger partial charge is 0.338 e. The number of aliphatic hydroxyl groups excluding tert-OH is 1. The maximum absolute atomic E-state index is 11.8. The molecule has 0 fully saturated rings. The molecule has 1 aromatic carbocycles. The van der Waals surface area contributed by atoms with Crippen LogP contribution < -0.4 is 5.32 Å². The Morgan fingerprint density at radius 3 is 2.50 bits per heavy atom. The molecule has 0 saturated heterocycles. The Balaban J connectivity index is 2.43. The van der Waals surface area contributed by atoms with Gasteiger partial charge in [0, 0.05) is 25.8 Å². The van der Waals surface area contributed by atoms with E-state index in [4.69, 9.17) is 14.6 Å². The number of methoxy groups -OCH3 is 1. The fourth-order valence-electron chi connectivity index (χ4n) is 1.50. The molecule has 2 N–H and O–H groups in total. The van der Waals surface area contributed by atoms with Crippen molar-refractivity contribution in [3.8, 4) is 0 Å². The zero-order valence-corrected chi connectivity index (χ0v) is 12.3. The summed E-state index contributed by atoms with van der Waals surface area (Å²) in [6.07, 6.45) is 0.644. The molecule has 0 unspecified atom stereocenters. The SMILES string of the molecule is COC(C)(C)CCOC(=O)c1ccc(NCCO)cc1. The first-order chi connectivity index (χ1) is 9.48. The van der Waals surface area contributed by atoms with E-state index in [1.807, 2.05) is 13.8 Å². The third-order valence-corrected chi connectivity index (χ3v) is 3.05. The van der Waals surface area contributed by atoms with Gasteiger partial charge in [-0.15, -0.1) is 0 Å². The molecule has 5 nitrogen and oxygen atoms in total. The van der Waals surface area contributed by atoms with Crippen molar-refractivity contribution in [3.05, 3.63) is 29.8 Å². The fraction of sp³-hybridized carbons (Fsp3) is 0.533. The van der Waals surface area contributed by atoms with Gasteiger partial charge in [-0.25, -0.2) is 4.79 Å². The van der Waals surface area contributed by atoms with Crippen molar-refractivity contribution in [1.29, 1.82) is 0 Å². The van der Waals surface area contributed by atoms with Gasteiger partial charge in [-0.2, -0.15) is 0 Å². The lowest BCUT2D eigenvalue weighted by molar-refractivity contribution is -0.00563. The maximum atomic E-state index is 11.8. The maximum Gasteiger partial charge on any atom is 0.338 e. The summed E-state index contributed by atoms with van der Waals surface area (Å²) >= 11 is 0. The van der Waals surface area contributed by atoms with Crippen LogP contribution in [0, 0.1) is 0 Å². The highest BCUT2D eigenvalue weighted by atomic mass is 16.5. The lowest BCUT2D eigenvalue weighted by Crippen LogP contribution is -2.25. The number of carbonyl (C=O) groups is 1. The Hall–Kier alpha value is -1.59. The second-order valence-electron chi connectivity index (χ2n) is 5.08. The lowest BCUT2D eigenvalue weighted by Gasteiger charge is -2.22. The Labute approximate surface area is 119 Å². The number of hydrogen-bond acceptors (Lipinski definition) is 5. The van der Waals surface area contributed by atoms with E-state index in [0.717, 1.165) is 5.69 Å². The van der Waals surface area contributed by atoms with Crippen molar-refractivity contribution in [2.75, 3.05) is 32.2 Å². The van der Waals surface area contributed by atoms with Crippen molar-refractivity contribution < 1.29 is 19.4 Å². The summed E-state index contributed by atoms with van der Waals surface area (Å²) in [5, 5.41) is 11.7. The van der Waals surface area contributed by atoms with Gasteiger partial charge in [-0.3, -0.25) is 0 Å². The van der Waals surface area contributed by atoms with E-state index in [1.165, 1.54) is 0 Å². The first-order valence-corrected chi connectivity index (χ1v) is 6.65. The number of aliphatic hydroxyl groups is 1. The second-order valence-corrected chi connectivity index (χ2v) is 5.08. The lowest BCUT2D eigenvalue weighted by atomic mass is 10.1. The van der Waals surface area contributed by atoms with Gasteiger partial charge in [0.25, 0.3) is 0 Å². The van der Waals surface area contributed by atoms with Crippen molar-refractivity contribution >= 4 is 11.7 Å². The van der Waals surface area contributed by atoms with E-state index in [2.05, 4.69) is 5.32 Å². The largest absolute Gasteiger partial charge is 0.462 e. The summed E-state index contributed by atoms with van der Waals surface area (Å²) in [5.41, 5.74) is 1.07. The van der Waals surface area contributed by atoms with Crippen molar-refractivity contribution in [2.45, 2.75) is 25.9 Å². The monoisotopic (exact) mass is 281 g/mol. The third kappa shape index (κ3) is 5.59. The Morgan fingerprint density at radius 2 is 1.95 bits per heavy atom. The average molecular weight is 281 g/mol. The number of ether oxygens (including phenoxy) is 2. The van der Waals surface area contributed by atoms with Crippen LogP contribution in [0.3, 0.4) is 0 Å². The summed E-state index contributed by atoms with van der Waals surface area (Å²) in [5.74, 6) is -0.342. The van der Waals surface area contributed by atoms with E-state index in [-0.39, 0.29) is 18.2 Å². The van der Waals surface area contributed by atoms with Crippen LogP contribution >= 0.6 is 0 Å². The molecule has 0 spiro atoms. The van der Waals surface area contributed by atoms with Crippen LogP contribution in [-0.4, -0.2) is 43.5 Å². The minimum Gasteiger partial charge on any atom is -0.462 e. The predicted molar refractivity (Wildman–Crippen MR) is 78.0 cm³/mol. The summed E-state index contributed by atoms with van der Waals surface area (Å²) in [6.45, 7) is 4.77. The molecule has 1 rings (SSSR count). The van der Waals surface area contributed by atoms with Crippen molar-refractivity contribution in [2.24, 2.45) is 0 Å². The standard InChI is InChI=1S/C15H23NO4/c1-15(2,19-3)8-11-20-14(18)12-4-6-13(7-5-12)16-9-10-17/h4-7,16-17H,8-11H2,1-3H3. The zero-order valence-electron chi connectivity index (χ0n) is 12.3. The van der Waals surface area contributed by atoms with Crippen LogP contribution in [0.5, 0.6) is 0 Å². The number of hydrogen-bond donors (Lipinski definition) is 2. The van der Waals surface area contributed by atoms with Gasteiger partial charge in [-0.1, -0.05) is 0 Å². The minimum absolute atomic E-state index is 0.0685. The molecule has 1 aromatic rings. The molecule has 5 heteroatoms. The molecule has 0 heterocycles. The Morgan fingerprint density at radius 1 is 1.30 bits per heavy atom. The van der Waals surface area contributed by atoms with E-state index >= 15 is 0 Å². The molecule has 20 heavy (non-hydrogen) atoms. The van der Waals surface area contributed by atoms with E-state index in [1.54, 1.807) is 31.4 Å². The van der Waals surface area contributed by atoms with Crippen LogP contribution in [0.15, 0.2) is 24.3 Å². The van der Waals surface area contributed by atoms with E-state index < -0.39 is 0 Å². The molecule has 0 atom stereocenters. The van der Waals surface area contributed by atoms with Crippen molar-refractivity contribution in [3.63, 3.8) is 0 Å². The molecule has 0 amide bonds. The summed E-state index contributed by atoms with van der Waals surface area (Å²) in [4.78, 5) is 11.8. The van der Waals surface area contributed by atoms with Crippen LogP contribution in [0.2, 0.25) is 0 Å².